The van der Waals surface area contributed by atoms with E-state index in [1.807, 2.05) is 48.5 Å². The van der Waals surface area contributed by atoms with E-state index >= 15 is 0 Å². The highest BCUT2D eigenvalue weighted by Crippen LogP contribution is 2.21. The van der Waals surface area contributed by atoms with E-state index in [9.17, 15) is 9.59 Å². The Bertz CT molecular complexity index is 925. The zero-order valence-electron chi connectivity index (χ0n) is 20.4. The van der Waals surface area contributed by atoms with Gasteiger partial charge in [-0.05, 0) is 68.1 Å². The summed E-state index contributed by atoms with van der Waals surface area (Å²) in [5, 5.41) is 3.13. The molecule has 2 amide bonds. The van der Waals surface area contributed by atoms with Gasteiger partial charge in [0.25, 0.3) is 0 Å². The Morgan fingerprint density at radius 2 is 1.68 bits per heavy atom. The molecule has 184 valence electrons. The number of nitrogens with zero attached hydrogens (tertiary/aromatic N) is 1. The summed E-state index contributed by atoms with van der Waals surface area (Å²) in [6, 6.07) is 14.6. The van der Waals surface area contributed by atoms with Crippen LogP contribution in [0.2, 0.25) is 0 Å². The van der Waals surface area contributed by atoms with Crippen LogP contribution in [0.5, 0.6) is 17.2 Å². The van der Waals surface area contributed by atoms with Crippen molar-refractivity contribution in [1.82, 2.24) is 10.2 Å². The molecule has 0 unspecified atom stereocenters. The van der Waals surface area contributed by atoms with E-state index in [4.69, 9.17) is 14.2 Å². The van der Waals surface area contributed by atoms with Crippen molar-refractivity contribution in [2.24, 2.45) is 0 Å². The van der Waals surface area contributed by atoms with Crippen molar-refractivity contribution < 1.29 is 23.8 Å². The van der Waals surface area contributed by atoms with Crippen LogP contribution in [0.25, 0.3) is 0 Å². The molecule has 2 aromatic carbocycles. The normalized spacial score (nSPS) is 14.3. The standard InChI is InChI=1S/C27H36N2O5/c1-20(27(31)28-22-9-4-5-10-22)29(19-21-8-6-11-25(18-21)33-3)26(30)12-7-17-34-24-15-13-23(32-2)14-16-24/h6,8,11,13-16,18,20,22H,4-5,7,9-10,12,17,19H2,1-3H3,(H,28,31)/t20-/m1/s1. The van der Waals surface area contributed by atoms with Crippen molar-refractivity contribution in [2.45, 2.75) is 64.1 Å². The third-order valence-electron chi connectivity index (χ3n) is 6.22. The highest BCUT2D eigenvalue weighted by molar-refractivity contribution is 5.87. The molecule has 0 saturated heterocycles. The molecule has 0 aliphatic heterocycles. The topological polar surface area (TPSA) is 77.1 Å². The first-order chi connectivity index (χ1) is 16.5. The Morgan fingerprint density at radius 3 is 2.35 bits per heavy atom. The molecule has 1 N–H and O–H groups in total. The van der Waals surface area contributed by atoms with Gasteiger partial charge in [0.05, 0.1) is 20.8 Å². The molecular weight excluding hydrogens is 432 g/mol. The van der Waals surface area contributed by atoms with Gasteiger partial charge in [-0.15, -0.1) is 0 Å². The molecule has 3 rings (SSSR count). The third-order valence-corrected chi connectivity index (χ3v) is 6.22. The lowest BCUT2D eigenvalue weighted by atomic mass is 10.1. The van der Waals surface area contributed by atoms with Gasteiger partial charge in [-0.3, -0.25) is 9.59 Å². The van der Waals surface area contributed by atoms with Crippen LogP contribution >= 0.6 is 0 Å². The van der Waals surface area contributed by atoms with Gasteiger partial charge in [-0.25, -0.2) is 0 Å². The second kappa shape index (κ2) is 12.9. The first kappa shape index (κ1) is 25.4. The number of hydrogen-bond acceptors (Lipinski definition) is 5. The first-order valence-corrected chi connectivity index (χ1v) is 12.0. The van der Waals surface area contributed by atoms with Crippen LogP contribution in [0.3, 0.4) is 0 Å². The van der Waals surface area contributed by atoms with Gasteiger partial charge in [0.2, 0.25) is 11.8 Å². The smallest absolute Gasteiger partial charge is 0.242 e. The van der Waals surface area contributed by atoms with Crippen molar-refractivity contribution >= 4 is 11.8 Å². The van der Waals surface area contributed by atoms with Gasteiger partial charge < -0.3 is 24.4 Å². The molecule has 0 heterocycles. The minimum absolute atomic E-state index is 0.0739. The van der Waals surface area contributed by atoms with E-state index in [1.54, 1.807) is 26.0 Å². The number of benzene rings is 2. The van der Waals surface area contributed by atoms with Crippen LogP contribution in [0.15, 0.2) is 48.5 Å². The van der Waals surface area contributed by atoms with Crippen molar-refractivity contribution in [3.63, 3.8) is 0 Å². The lowest BCUT2D eigenvalue weighted by Crippen LogP contribution is -2.49. The quantitative estimate of drug-likeness (QED) is 0.469. The van der Waals surface area contributed by atoms with Crippen LogP contribution in [0.4, 0.5) is 0 Å². The van der Waals surface area contributed by atoms with Crippen molar-refractivity contribution in [3.05, 3.63) is 54.1 Å². The zero-order chi connectivity index (χ0) is 24.3. The van der Waals surface area contributed by atoms with Gasteiger partial charge in [0, 0.05) is 19.0 Å². The maximum atomic E-state index is 13.2. The molecular formula is C27H36N2O5. The SMILES string of the molecule is COc1ccc(OCCCC(=O)N(Cc2cccc(OC)c2)[C@H](C)C(=O)NC2CCCC2)cc1. The number of carbonyl (C=O) groups excluding carboxylic acids is 2. The Kier molecular flexibility index (Phi) is 9.62. The predicted molar refractivity (Wildman–Crippen MR) is 131 cm³/mol. The van der Waals surface area contributed by atoms with E-state index in [0.29, 0.717) is 26.0 Å². The van der Waals surface area contributed by atoms with E-state index in [0.717, 1.165) is 48.5 Å². The van der Waals surface area contributed by atoms with Crippen LogP contribution < -0.4 is 19.5 Å². The fourth-order valence-electron chi connectivity index (χ4n) is 4.17. The number of ether oxygens (including phenoxy) is 3. The maximum absolute atomic E-state index is 13.2. The van der Waals surface area contributed by atoms with Crippen LogP contribution in [-0.2, 0) is 16.1 Å². The summed E-state index contributed by atoms with van der Waals surface area (Å²) >= 11 is 0. The van der Waals surface area contributed by atoms with Crippen molar-refractivity contribution in [2.75, 3.05) is 20.8 Å². The molecule has 1 aliphatic carbocycles. The monoisotopic (exact) mass is 468 g/mol. The Labute approximate surface area is 202 Å². The second-order valence-corrected chi connectivity index (χ2v) is 8.67. The molecule has 1 aliphatic rings. The van der Waals surface area contributed by atoms with E-state index in [1.165, 1.54) is 0 Å². The molecule has 2 aromatic rings. The minimum Gasteiger partial charge on any atom is -0.497 e. The Morgan fingerprint density at radius 1 is 1.00 bits per heavy atom. The van der Waals surface area contributed by atoms with E-state index in [-0.39, 0.29) is 17.9 Å². The Balaban J connectivity index is 1.60. The summed E-state index contributed by atoms with van der Waals surface area (Å²) in [6.45, 7) is 2.55. The first-order valence-electron chi connectivity index (χ1n) is 12.0. The highest BCUT2D eigenvalue weighted by Gasteiger charge is 2.28. The molecule has 0 bridgehead atoms. The molecule has 1 saturated carbocycles. The summed E-state index contributed by atoms with van der Waals surface area (Å²) in [5.74, 6) is 2.04. The molecule has 0 radical (unpaired) electrons. The van der Waals surface area contributed by atoms with E-state index in [2.05, 4.69) is 5.32 Å². The van der Waals surface area contributed by atoms with Gasteiger partial charge in [0.15, 0.2) is 0 Å². The van der Waals surface area contributed by atoms with Gasteiger partial charge in [-0.1, -0.05) is 25.0 Å². The summed E-state index contributed by atoms with van der Waals surface area (Å²) < 4.78 is 16.2. The summed E-state index contributed by atoms with van der Waals surface area (Å²) in [7, 11) is 3.23. The fraction of sp³-hybridized carbons (Fsp3) is 0.481. The number of amides is 2. The van der Waals surface area contributed by atoms with E-state index < -0.39 is 6.04 Å². The minimum atomic E-state index is -0.568. The lowest BCUT2D eigenvalue weighted by Gasteiger charge is -2.30. The molecule has 0 spiro atoms. The van der Waals surface area contributed by atoms with Gasteiger partial charge in [-0.2, -0.15) is 0 Å². The average Bonchev–Trinajstić information content (AvgIpc) is 3.38. The summed E-state index contributed by atoms with van der Waals surface area (Å²) in [6.07, 6.45) is 5.13. The molecule has 34 heavy (non-hydrogen) atoms. The van der Waals surface area contributed by atoms with Crippen LogP contribution in [0.1, 0.15) is 51.0 Å². The largest absolute Gasteiger partial charge is 0.497 e. The van der Waals surface area contributed by atoms with Crippen LogP contribution in [0, 0.1) is 0 Å². The van der Waals surface area contributed by atoms with Crippen molar-refractivity contribution in [3.8, 4) is 17.2 Å². The molecule has 0 aromatic heterocycles. The summed E-state index contributed by atoms with van der Waals surface area (Å²) in [4.78, 5) is 27.8. The average molecular weight is 469 g/mol. The highest BCUT2D eigenvalue weighted by atomic mass is 16.5. The number of methoxy groups -OCH3 is 2. The fourth-order valence-corrected chi connectivity index (χ4v) is 4.17. The second-order valence-electron chi connectivity index (χ2n) is 8.67. The Hall–Kier alpha value is -3.22. The van der Waals surface area contributed by atoms with Gasteiger partial charge >= 0.3 is 0 Å². The summed E-state index contributed by atoms with van der Waals surface area (Å²) in [5.41, 5.74) is 0.919. The number of carbonyl (C=O) groups is 2. The van der Waals surface area contributed by atoms with Gasteiger partial charge in [0.1, 0.15) is 23.3 Å². The lowest BCUT2D eigenvalue weighted by molar-refractivity contribution is -0.141. The molecule has 1 atom stereocenters. The molecule has 7 nitrogen and oxygen atoms in total. The van der Waals surface area contributed by atoms with Crippen molar-refractivity contribution in [1.29, 1.82) is 0 Å². The third kappa shape index (κ3) is 7.40. The number of nitrogens with one attached hydrogen (secondary N) is 1. The number of rotatable bonds is 12. The predicted octanol–water partition coefficient (Wildman–Crippen LogP) is 4.34. The van der Waals surface area contributed by atoms with Crippen LogP contribution in [-0.4, -0.2) is 49.6 Å². The number of hydrogen-bond donors (Lipinski definition) is 1. The zero-order valence-corrected chi connectivity index (χ0v) is 20.4. The molecule has 1 fully saturated rings. The molecule has 7 heteroatoms. The maximum Gasteiger partial charge on any atom is 0.242 e.